The number of amides is 1. The third-order valence-electron chi connectivity index (χ3n) is 2.60. The topological polar surface area (TPSA) is 64.6 Å². The standard InChI is InChI=1S/C14H25NO4S/c1-5-18-12(16)11(9-20-8-10-6-7-10)19-13(17)15-14(2,3)4/h10-11H,5-9H2,1-4H3,(H,15,17). The summed E-state index contributed by atoms with van der Waals surface area (Å²) in [4.78, 5) is 23.5. The monoisotopic (exact) mass is 303 g/mol. The van der Waals surface area contributed by atoms with Crippen LogP contribution in [0.2, 0.25) is 0 Å². The molecule has 0 radical (unpaired) electrons. The van der Waals surface area contributed by atoms with Gasteiger partial charge in [0.25, 0.3) is 0 Å². The van der Waals surface area contributed by atoms with Crippen molar-refractivity contribution >= 4 is 23.8 Å². The van der Waals surface area contributed by atoms with E-state index >= 15 is 0 Å². The van der Waals surface area contributed by atoms with Crippen LogP contribution in [-0.4, -0.2) is 41.8 Å². The molecule has 0 spiro atoms. The van der Waals surface area contributed by atoms with Gasteiger partial charge in [0, 0.05) is 11.3 Å². The van der Waals surface area contributed by atoms with E-state index in [1.165, 1.54) is 12.8 Å². The number of hydrogen-bond acceptors (Lipinski definition) is 5. The maximum atomic E-state index is 11.8. The Kier molecular flexibility index (Phi) is 6.65. The van der Waals surface area contributed by atoms with Crippen LogP contribution in [0.3, 0.4) is 0 Å². The molecule has 1 amide bonds. The van der Waals surface area contributed by atoms with Crippen molar-refractivity contribution < 1.29 is 19.1 Å². The number of nitrogens with one attached hydrogen (secondary N) is 1. The zero-order chi connectivity index (χ0) is 15.2. The van der Waals surface area contributed by atoms with Crippen molar-refractivity contribution in [1.29, 1.82) is 0 Å². The summed E-state index contributed by atoms with van der Waals surface area (Å²) in [6.07, 6.45) is 1.12. The molecule has 20 heavy (non-hydrogen) atoms. The van der Waals surface area contributed by atoms with Gasteiger partial charge < -0.3 is 14.8 Å². The minimum atomic E-state index is -0.832. The third kappa shape index (κ3) is 7.62. The van der Waals surface area contributed by atoms with Crippen molar-refractivity contribution in [2.45, 2.75) is 52.2 Å². The molecule has 116 valence electrons. The summed E-state index contributed by atoms with van der Waals surface area (Å²) in [6.45, 7) is 7.59. The van der Waals surface area contributed by atoms with Gasteiger partial charge in [-0.05, 0) is 52.2 Å². The van der Waals surface area contributed by atoms with Gasteiger partial charge >= 0.3 is 12.1 Å². The number of carbonyl (C=O) groups excluding carboxylic acids is 2. The Labute approximate surface area is 125 Å². The van der Waals surface area contributed by atoms with Gasteiger partial charge in [-0.25, -0.2) is 9.59 Å². The second-order valence-corrected chi connectivity index (χ2v) is 7.08. The molecule has 5 nitrogen and oxygen atoms in total. The van der Waals surface area contributed by atoms with Gasteiger partial charge in [-0.3, -0.25) is 0 Å². The lowest BCUT2D eigenvalue weighted by molar-refractivity contribution is -0.151. The van der Waals surface area contributed by atoms with E-state index in [1.807, 2.05) is 20.8 Å². The SMILES string of the molecule is CCOC(=O)C(CSCC1CC1)OC(=O)NC(C)(C)C. The minimum absolute atomic E-state index is 0.285. The number of thioether (sulfide) groups is 1. The summed E-state index contributed by atoms with van der Waals surface area (Å²) in [6, 6.07) is 0. The van der Waals surface area contributed by atoms with Crippen LogP contribution < -0.4 is 5.32 Å². The van der Waals surface area contributed by atoms with Crippen molar-refractivity contribution in [1.82, 2.24) is 5.32 Å². The Hall–Kier alpha value is -0.910. The van der Waals surface area contributed by atoms with Crippen molar-refractivity contribution in [3.8, 4) is 0 Å². The fourth-order valence-electron chi connectivity index (χ4n) is 1.48. The van der Waals surface area contributed by atoms with Crippen molar-refractivity contribution in [3.63, 3.8) is 0 Å². The Morgan fingerprint density at radius 1 is 1.35 bits per heavy atom. The van der Waals surface area contributed by atoms with E-state index in [2.05, 4.69) is 5.32 Å². The van der Waals surface area contributed by atoms with Gasteiger partial charge in [-0.2, -0.15) is 11.8 Å². The van der Waals surface area contributed by atoms with Crippen molar-refractivity contribution in [2.24, 2.45) is 5.92 Å². The normalized spacial score (nSPS) is 16.4. The highest BCUT2D eigenvalue weighted by molar-refractivity contribution is 7.99. The number of rotatable bonds is 7. The highest BCUT2D eigenvalue weighted by Crippen LogP contribution is 2.32. The molecule has 1 atom stereocenters. The van der Waals surface area contributed by atoms with E-state index in [0.717, 1.165) is 11.7 Å². The molecular weight excluding hydrogens is 278 g/mol. The summed E-state index contributed by atoms with van der Waals surface area (Å²) >= 11 is 1.64. The van der Waals surface area contributed by atoms with Crippen molar-refractivity contribution in [2.75, 3.05) is 18.1 Å². The molecule has 1 fully saturated rings. The maximum Gasteiger partial charge on any atom is 0.408 e. The minimum Gasteiger partial charge on any atom is -0.463 e. The number of esters is 1. The molecule has 6 heteroatoms. The van der Waals surface area contributed by atoms with Crippen LogP contribution in [-0.2, 0) is 14.3 Å². The molecule has 0 heterocycles. The Bertz CT molecular complexity index is 337. The van der Waals surface area contributed by atoms with Gasteiger partial charge in [0.05, 0.1) is 6.61 Å². The summed E-state index contributed by atoms with van der Waals surface area (Å²) in [7, 11) is 0. The highest BCUT2D eigenvalue weighted by Gasteiger charge is 2.28. The van der Waals surface area contributed by atoms with Crippen LogP contribution in [0.5, 0.6) is 0 Å². The zero-order valence-corrected chi connectivity index (χ0v) is 13.5. The van der Waals surface area contributed by atoms with Gasteiger partial charge in [-0.1, -0.05) is 0 Å². The molecule has 1 saturated carbocycles. The Morgan fingerprint density at radius 2 is 2.00 bits per heavy atom. The molecule has 0 aromatic carbocycles. The van der Waals surface area contributed by atoms with Crippen LogP contribution >= 0.6 is 11.8 Å². The number of hydrogen-bond donors (Lipinski definition) is 1. The molecule has 1 aliphatic rings. The number of carbonyl (C=O) groups is 2. The summed E-state index contributed by atoms with van der Waals surface area (Å²) in [5, 5.41) is 2.68. The molecule has 1 rings (SSSR count). The average Bonchev–Trinajstić information content (AvgIpc) is 3.09. The summed E-state index contributed by atoms with van der Waals surface area (Å²) < 4.78 is 10.1. The lowest BCUT2D eigenvalue weighted by atomic mass is 10.1. The highest BCUT2D eigenvalue weighted by atomic mass is 32.2. The first kappa shape index (κ1) is 17.1. The first-order valence-corrected chi connectivity index (χ1v) is 8.20. The summed E-state index contributed by atoms with van der Waals surface area (Å²) in [5.41, 5.74) is -0.391. The molecule has 0 aromatic heterocycles. The largest absolute Gasteiger partial charge is 0.463 e. The lowest BCUT2D eigenvalue weighted by Gasteiger charge is -2.22. The molecule has 0 aliphatic heterocycles. The summed E-state index contributed by atoms with van der Waals surface area (Å²) in [5.74, 6) is 1.76. The molecule has 0 aromatic rings. The second kappa shape index (κ2) is 7.76. The van der Waals surface area contributed by atoms with Crippen LogP contribution in [0.15, 0.2) is 0 Å². The van der Waals surface area contributed by atoms with Gasteiger partial charge in [0.15, 0.2) is 0 Å². The van der Waals surface area contributed by atoms with E-state index in [4.69, 9.17) is 9.47 Å². The molecule has 1 unspecified atom stereocenters. The van der Waals surface area contributed by atoms with Crippen LogP contribution in [0.25, 0.3) is 0 Å². The van der Waals surface area contributed by atoms with Crippen molar-refractivity contribution in [3.05, 3.63) is 0 Å². The molecule has 0 bridgehead atoms. The average molecular weight is 303 g/mol. The number of alkyl carbamates (subject to hydrolysis) is 1. The van der Waals surface area contributed by atoms with E-state index in [9.17, 15) is 9.59 Å². The maximum absolute atomic E-state index is 11.8. The zero-order valence-electron chi connectivity index (χ0n) is 12.7. The predicted octanol–water partition coefficient (Wildman–Crippen LogP) is 2.59. The van der Waals surface area contributed by atoms with E-state index < -0.39 is 23.7 Å². The molecule has 1 aliphatic carbocycles. The van der Waals surface area contributed by atoms with Crippen LogP contribution in [0, 0.1) is 5.92 Å². The lowest BCUT2D eigenvalue weighted by Crippen LogP contribution is -2.44. The molecule has 0 saturated heterocycles. The Balaban J connectivity index is 2.42. The predicted molar refractivity (Wildman–Crippen MR) is 79.8 cm³/mol. The molecular formula is C14H25NO4S. The van der Waals surface area contributed by atoms with Crippen LogP contribution in [0.4, 0.5) is 4.79 Å². The fourth-order valence-corrected chi connectivity index (χ4v) is 2.70. The van der Waals surface area contributed by atoms with E-state index in [-0.39, 0.29) is 6.61 Å². The smallest absolute Gasteiger partial charge is 0.408 e. The Morgan fingerprint density at radius 3 is 2.50 bits per heavy atom. The fraction of sp³-hybridized carbons (Fsp3) is 0.857. The third-order valence-corrected chi connectivity index (χ3v) is 3.84. The van der Waals surface area contributed by atoms with E-state index in [1.54, 1.807) is 18.7 Å². The van der Waals surface area contributed by atoms with Gasteiger partial charge in [0.2, 0.25) is 6.10 Å². The molecule has 1 N–H and O–H groups in total. The number of ether oxygens (including phenoxy) is 2. The first-order chi connectivity index (χ1) is 9.31. The van der Waals surface area contributed by atoms with Crippen LogP contribution in [0.1, 0.15) is 40.5 Å². The van der Waals surface area contributed by atoms with Gasteiger partial charge in [-0.15, -0.1) is 0 Å². The first-order valence-electron chi connectivity index (χ1n) is 7.05. The second-order valence-electron chi connectivity index (χ2n) is 6.00. The quantitative estimate of drug-likeness (QED) is 0.732. The van der Waals surface area contributed by atoms with E-state index in [0.29, 0.717) is 5.75 Å². The van der Waals surface area contributed by atoms with Gasteiger partial charge in [0.1, 0.15) is 0 Å².